The third-order valence-corrected chi connectivity index (χ3v) is 2.63. The summed E-state index contributed by atoms with van der Waals surface area (Å²) in [6, 6.07) is 5.02. The average Bonchev–Trinajstić information content (AvgIpc) is 2.46. The Morgan fingerprint density at radius 1 is 1.19 bits per heavy atom. The van der Waals surface area contributed by atoms with Gasteiger partial charge >= 0.3 is 11.9 Å². The summed E-state index contributed by atoms with van der Waals surface area (Å²) in [5.74, 6) is -0.709. The van der Waals surface area contributed by atoms with Gasteiger partial charge in [-0.2, -0.15) is 0 Å². The van der Waals surface area contributed by atoms with E-state index in [1.165, 1.54) is 20.3 Å². The van der Waals surface area contributed by atoms with E-state index in [0.717, 1.165) is 0 Å². The van der Waals surface area contributed by atoms with Crippen LogP contribution in [0.25, 0.3) is 6.08 Å². The minimum Gasteiger partial charge on any atom is -0.493 e. The number of hydrogen-bond acceptors (Lipinski definition) is 5. The lowest BCUT2D eigenvalue weighted by atomic mass is 10.1. The molecule has 0 radical (unpaired) electrons. The van der Waals surface area contributed by atoms with Crippen molar-refractivity contribution in [3.63, 3.8) is 0 Å². The highest BCUT2D eigenvalue weighted by Gasteiger charge is 2.15. The van der Waals surface area contributed by atoms with Crippen LogP contribution in [-0.2, 0) is 14.3 Å². The van der Waals surface area contributed by atoms with Gasteiger partial charge in [-0.25, -0.2) is 4.79 Å². The summed E-state index contributed by atoms with van der Waals surface area (Å²) >= 11 is 0. The van der Waals surface area contributed by atoms with E-state index in [-0.39, 0.29) is 12.2 Å². The van der Waals surface area contributed by atoms with E-state index in [4.69, 9.17) is 19.3 Å². The van der Waals surface area contributed by atoms with Crippen LogP contribution in [0.2, 0.25) is 0 Å². The quantitative estimate of drug-likeness (QED) is 0.612. The molecule has 0 saturated carbocycles. The Hall–Kier alpha value is -2.50. The summed E-state index contributed by atoms with van der Waals surface area (Å²) in [7, 11) is 3.01. The van der Waals surface area contributed by atoms with Gasteiger partial charge in [-0.15, -0.1) is 0 Å². The van der Waals surface area contributed by atoms with E-state index in [1.54, 1.807) is 25.1 Å². The minimum absolute atomic E-state index is 0.0663. The number of aliphatic carboxylic acids is 1. The molecule has 21 heavy (non-hydrogen) atoms. The van der Waals surface area contributed by atoms with Gasteiger partial charge in [0.05, 0.1) is 27.2 Å². The fraction of sp³-hybridized carbons (Fsp3) is 0.333. The number of carboxylic acid groups (broad SMARTS) is 1. The second kappa shape index (κ2) is 7.94. The topological polar surface area (TPSA) is 82.1 Å². The van der Waals surface area contributed by atoms with Crippen LogP contribution in [0.5, 0.6) is 11.5 Å². The number of esters is 1. The van der Waals surface area contributed by atoms with E-state index in [2.05, 4.69) is 0 Å². The maximum absolute atomic E-state index is 11.8. The fourth-order valence-electron chi connectivity index (χ4n) is 1.71. The van der Waals surface area contributed by atoms with Crippen molar-refractivity contribution in [3.8, 4) is 11.5 Å². The monoisotopic (exact) mass is 294 g/mol. The highest BCUT2D eigenvalue weighted by Crippen LogP contribution is 2.28. The zero-order chi connectivity index (χ0) is 15.8. The van der Waals surface area contributed by atoms with Crippen molar-refractivity contribution in [2.24, 2.45) is 0 Å². The number of ether oxygens (including phenoxy) is 3. The summed E-state index contributed by atoms with van der Waals surface area (Å²) in [5.41, 5.74) is 0.688. The normalized spacial score (nSPS) is 10.9. The lowest BCUT2D eigenvalue weighted by Gasteiger charge is -2.09. The Kier molecular flexibility index (Phi) is 6.26. The van der Waals surface area contributed by atoms with Gasteiger partial charge in [0.25, 0.3) is 0 Å². The van der Waals surface area contributed by atoms with Gasteiger partial charge in [-0.1, -0.05) is 6.07 Å². The molecule has 0 aliphatic carbocycles. The summed E-state index contributed by atoms with van der Waals surface area (Å²) < 4.78 is 15.1. The maximum Gasteiger partial charge on any atom is 0.334 e. The molecule has 0 atom stereocenters. The van der Waals surface area contributed by atoms with Crippen LogP contribution in [0, 0.1) is 0 Å². The van der Waals surface area contributed by atoms with E-state index < -0.39 is 18.4 Å². The first-order chi connectivity index (χ1) is 10.0. The first-order valence-electron chi connectivity index (χ1n) is 6.33. The molecule has 0 unspecified atom stereocenters. The molecule has 0 heterocycles. The van der Waals surface area contributed by atoms with Crippen molar-refractivity contribution in [1.82, 2.24) is 0 Å². The molecule has 0 aliphatic heterocycles. The predicted molar refractivity (Wildman–Crippen MR) is 76.4 cm³/mol. The van der Waals surface area contributed by atoms with Crippen LogP contribution in [0.15, 0.2) is 23.8 Å². The predicted octanol–water partition coefficient (Wildman–Crippen LogP) is 2.12. The number of benzene rings is 1. The summed E-state index contributed by atoms with van der Waals surface area (Å²) in [6.07, 6.45) is 1.06. The molecule has 0 saturated heterocycles. The van der Waals surface area contributed by atoms with E-state index in [0.29, 0.717) is 17.1 Å². The van der Waals surface area contributed by atoms with E-state index in [9.17, 15) is 9.59 Å². The van der Waals surface area contributed by atoms with Gasteiger partial charge in [0.1, 0.15) is 0 Å². The molecule has 0 spiro atoms. The zero-order valence-electron chi connectivity index (χ0n) is 12.2. The molecule has 0 amide bonds. The lowest BCUT2D eigenvalue weighted by molar-refractivity contribution is -0.142. The molecular weight excluding hydrogens is 276 g/mol. The number of methoxy groups -OCH3 is 2. The van der Waals surface area contributed by atoms with Crippen molar-refractivity contribution < 1.29 is 28.9 Å². The molecule has 114 valence electrons. The number of carbonyl (C=O) groups excluding carboxylic acids is 1. The number of hydrogen-bond donors (Lipinski definition) is 1. The van der Waals surface area contributed by atoms with Crippen LogP contribution in [0.1, 0.15) is 18.9 Å². The Balaban J connectivity index is 3.14. The number of carboxylic acids is 1. The smallest absolute Gasteiger partial charge is 0.334 e. The van der Waals surface area contributed by atoms with Gasteiger partial charge in [-0.3, -0.25) is 4.79 Å². The lowest BCUT2D eigenvalue weighted by Crippen LogP contribution is -2.11. The average molecular weight is 294 g/mol. The van der Waals surface area contributed by atoms with Gasteiger partial charge in [0.2, 0.25) is 0 Å². The summed E-state index contributed by atoms with van der Waals surface area (Å²) in [5, 5.41) is 8.87. The highest BCUT2D eigenvalue weighted by molar-refractivity contribution is 5.98. The van der Waals surface area contributed by atoms with Crippen LogP contribution in [-0.4, -0.2) is 37.9 Å². The Bertz CT molecular complexity index is 547. The molecule has 0 fully saturated rings. The molecule has 0 bridgehead atoms. The van der Waals surface area contributed by atoms with Gasteiger partial charge in [-0.05, 0) is 30.7 Å². The maximum atomic E-state index is 11.8. The molecule has 6 heteroatoms. The van der Waals surface area contributed by atoms with Crippen molar-refractivity contribution >= 4 is 18.0 Å². The van der Waals surface area contributed by atoms with E-state index >= 15 is 0 Å². The van der Waals surface area contributed by atoms with Crippen molar-refractivity contribution in [2.75, 3.05) is 20.8 Å². The number of carbonyl (C=O) groups is 2. The van der Waals surface area contributed by atoms with Crippen LogP contribution in [0.4, 0.5) is 0 Å². The van der Waals surface area contributed by atoms with Crippen molar-refractivity contribution in [3.05, 3.63) is 29.3 Å². The van der Waals surface area contributed by atoms with Crippen LogP contribution >= 0.6 is 0 Å². The summed E-state index contributed by atoms with van der Waals surface area (Å²) in [4.78, 5) is 22.6. The molecule has 6 nitrogen and oxygen atoms in total. The van der Waals surface area contributed by atoms with Crippen LogP contribution < -0.4 is 9.47 Å². The molecule has 1 rings (SSSR count). The highest BCUT2D eigenvalue weighted by atomic mass is 16.5. The minimum atomic E-state index is -1.10. The molecule has 0 aliphatic rings. The summed E-state index contributed by atoms with van der Waals surface area (Å²) in [6.45, 7) is 1.84. The molecular formula is C15H18O6. The standard InChI is InChI=1S/C15H18O6/c1-4-21-15(18)11(9-14(16)17)7-10-5-6-12(19-2)13(8-10)20-3/h5-8H,4,9H2,1-3H3,(H,16,17). The van der Waals surface area contributed by atoms with Crippen molar-refractivity contribution in [1.29, 1.82) is 0 Å². The Labute approximate surface area is 122 Å². The second-order valence-corrected chi connectivity index (χ2v) is 4.07. The zero-order valence-corrected chi connectivity index (χ0v) is 12.2. The third-order valence-electron chi connectivity index (χ3n) is 2.63. The first-order valence-corrected chi connectivity index (χ1v) is 6.33. The van der Waals surface area contributed by atoms with Crippen molar-refractivity contribution in [2.45, 2.75) is 13.3 Å². The van der Waals surface area contributed by atoms with Gasteiger partial charge in [0.15, 0.2) is 11.5 Å². The Morgan fingerprint density at radius 3 is 2.38 bits per heavy atom. The second-order valence-electron chi connectivity index (χ2n) is 4.07. The molecule has 1 N–H and O–H groups in total. The largest absolute Gasteiger partial charge is 0.493 e. The number of rotatable bonds is 7. The first kappa shape index (κ1) is 16.6. The van der Waals surface area contributed by atoms with Gasteiger partial charge in [0, 0.05) is 5.57 Å². The SMILES string of the molecule is CCOC(=O)C(=Cc1ccc(OC)c(OC)c1)CC(=O)O. The third kappa shape index (κ3) is 4.83. The molecule has 1 aromatic carbocycles. The molecule has 1 aromatic rings. The van der Waals surface area contributed by atoms with Crippen LogP contribution in [0.3, 0.4) is 0 Å². The van der Waals surface area contributed by atoms with E-state index in [1.807, 2.05) is 0 Å². The Morgan fingerprint density at radius 2 is 1.86 bits per heavy atom. The van der Waals surface area contributed by atoms with Gasteiger partial charge < -0.3 is 19.3 Å². The fourth-order valence-corrected chi connectivity index (χ4v) is 1.71. The molecule has 0 aromatic heterocycles.